The van der Waals surface area contributed by atoms with Crippen molar-refractivity contribution in [3.8, 4) is 11.4 Å². The predicted octanol–water partition coefficient (Wildman–Crippen LogP) is 5.19. The van der Waals surface area contributed by atoms with Crippen molar-refractivity contribution in [1.82, 2.24) is 20.0 Å². The van der Waals surface area contributed by atoms with E-state index >= 15 is 0 Å². The van der Waals surface area contributed by atoms with Crippen LogP contribution in [0.3, 0.4) is 0 Å². The van der Waals surface area contributed by atoms with Gasteiger partial charge in [0.1, 0.15) is 22.9 Å². The number of carbonyl (C=O) groups excluding carboxylic acids is 2. The number of nitrogens with one attached hydrogen (secondary N) is 1. The fourth-order valence-electron chi connectivity index (χ4n) is 4.27. The summed E-state index contributed by atoms with van der Waals surface area (Å²) in [7, 11) is 0. The van der Waals surface area contributed by atoms with Gasteiger partial charge in [-0.25, -0.2) is 9.07 Å². The quantitative estimate of drug-likeness (QED) is 0.237. The second kappa shape index (κ2) is 13.6. The summed E-state index contributed by atoms with van der Waals surface area (Å²) in [6.07, 6.45) is -3.68. The van der Waals surface area contributed by atoms with Crippen LogP contribution in [0.5, 0.6) is 5.75 Å². The van der Waals surface area contributed by atoms with Crippen molar-refractivity contribution in [1.29, 1.82) is 0 Å². The number of halogens is 6. The van der Waals surface area contributed by atoms with Crippen LogP contribution < -0.4 is 15.8 Å². The van der Waals surface area contributed by atoms with Crippen LogP contribution in [0.15, 0.2) is 54.7 Å². The molecule has 3 aromatic rings. The Kier molecular flexibility index (Phi) is 10.6. The number of nitrogen functional groups attached to an aromatic ring is 1. The smallest absolute Gasteiger partial charge is 0.420 e. The monoisotopic (exact) mass is 629 g/mol. The molecule has 0 aliphatic carbocycles. The third kappa shape index (κ3) is 8.65. The molecule has 0 spiro atoms. The van der Waals surface area contributed by atoms with Crippen LogP contribution in [0.4, 0.5) is 32.2 Å². The maximum atomic E-state index is 14.3. The molecule has 1 unspecified atom stereocenters. The minimum atomic E-state index is -5.36. The summed E-state index contributed by atoms with van der Waals surface area (Å²) in [6, 6.07) is 9.69. The van der Waals surface area contributed by atoms with Crippen LogP contribution in [0.25, 0.3) is 5.69 Å². The predicted molar refractivity (Wildman–Crippen MR) is 149 cm³/mol. The Bertz CT molecular complexity index is 1440. The van der Waals surface area contributed by atoms with Crippen molar-refractivity contribution in [3.63, 3.8) is 0 Å². The van der Waals surface area contributed by atoms with E-state index in [1.165, 1.54) is 24.3 Å². The molecular formula is C29H33F6N5O4. The number of para-hydroxylation sites is 1. The van der Waals surface area contributed by atoms with Crippen molar-refractivity contribution in [3.05, 3.63) is 71.7 Å². The van der Waals surface area contributed by atoms with Gasteiger partial charge < -0.3 is 25.8 Å². The zero-order valence-electron chi connectivity index (χ0n) is 24.2. The molecule has 0 saturated carbocycles. The van der Waals surface area contributed by atoms with Gasteiger partial charge in [-0.1, -0.05) is 32.9 Å². The molecule has 1 aromatic heterocycles. The summed E-state index contributed by atoms with van der Waals surface area (Å²) in [5, 5.41) is 16.8. The Balaban J connectivity index is 1.87. The van der Waals surface area contributed by atoms with Gasteiger partial charge in [0.15, 0.2) is 5.60 Å². The van der Waals surface area contributed by atoms with E-state index in [2.05, 4.69) is 9.84 Å². The number of anilines is 1. The Hall–Kier alpha value is -4.27. The Morgan fingerprint density at radius 1 is 1.07 bits per heavy atom. The third-order valence-corrected chi connectivity index (χ3v) is 6.62. The first kappa shape index (κ1) is 34.2. The number of hydrogen-bond acceptors (Lipinski definition) is 6. The number of amides is 2. The van der Waals surface area contributed by atoms with E-state index in [0.29, 0.717) is 11.3 Å². The molecule has 0 radical (unpaired) electrons. The molecule has 1 atom stereocenters. The topological polar surface area (TPSA) is 123 Å². The number of aromatic nitrogens is 2. The fourth-order valence-corrected chi connectivity index (χ4v) is 4.27. The van der Waals surface area contributed by atoms with Gasteiger partial charge in [-0.05, 0) is 54.7 Å². The third-order valence-electron chi connectivity index (χ3n) is 6.62. The molecule has 15 heteroatoms. The first-order valence-electron chi connectivity index (χ1n) is 13.4. The van der Waals surface area contributed by atoms with Crippen molar-refractivity contribution in [2.75, 3.05) is 25.4 Å². The zero-order chi connectivity index (χ0) is 32.9. The van der Waals surface area contributed by atoms with Gasteiger partial charge >= 0.3 is 12.8 Å². The van der Waals surface area contributed by atoms with E-state index in [4.69, 9.17) is 5.73 Å². The number of nitrogens with zero attached hydrogens (tertiary/aromatic N) is 3. The Labute approximate surface area is 249 Å². The van der Waals surface area contributed by atoms with E-state index in [0.717, 1.165) is 35.1 Å². The molecule has 9 nitrogen and oxygen atoms in total. The number of nitrogens with two attached hydrogens (primary N) is 1. The highest BCUT2D eigenvalue weighted by Gasteiger charge is 2.55. The molecule has 2 amide bonds. The normalized spacial score (nSPS) is 13.4. The van der Waals surface area contributed by atoms with Crippen LogP contribution in [-0.2, 0) is 0 Å². The number of alkyl halides is 5. The highest BCUT2D eigenvalue weighted by molar-refractivity contribution is 5.98. The summed E-state index contributed by atoms with van der Waals surface area (Å²) in [5.74, 6) is -3.56. The molecule has 0 saturated heterocycles. The van der Waals surface area contributed by atoms with Gasteiger partial charge in [0.05, 0.1) is 30.5 Å². The second-order valence-electron chi connectivity index (χ2n) is 11.3. The molecule has 240 valence electrons. The number of rotatable bonds is 12. The number of benzene rings is 2. The van der Waals surface area contributed by atoms with Gasteiger partial charge in [-0.15, -0.1) is 0 Å². The largest absolute Gasteiger partial charge is 0.434 e. The molecule has 0 bridgehead atoms. The summed E-state index contributed by atoms with van der Waals surface area (Å²) in [4.78, 5) is 27.0. The maximum absolute atomic E-state index is 14.3. The lowest BCUT2D eigenvalue weighted by molar-refractivity contribution is -0.260. The molecule has 44 heavy (non-hydrogen) atoms. The standard InChI is InChI=1S/C29H33F6N5O4/c1-27(2,3)13-6-14-39(25(42)20-7-4-5-8-22(20)44-26(31)32)17-28(43,29(33,34)35)16-37-24(41)21-15-38-40(23(21)36)19-11-9-18(30)10-12-19/h4-5,7-12,15,26,43H,6,13-14,16-17,36H2,1-3H3,(H,37,41). The molecule has 0 aliphatic rings. The molecule has 0 aliphatic heterocycles. The molecule has 2 aromatic carbocycles. The van der Waals surface area contributed by atoms with Crippen LogP contribution >= 0.6 is 0 Å². The van der Waals surface area contributed by atoms with Crippen LogP contribution in [0.2, 0.25) is 0 Å². The summed E-state index contributed by atoms with van der Waals surface area (Å²) >= 11 is 0. The molecule has 1 heterocycles. The fraction of sp³-hybridized carbons (Fsp3) is 0.414. The lowest BCUT2D eigenvalue weighted by atomic mass is 9.90. The average molecular weight is 630 g/mol. The highest BCUT2D eigenvalue weighted by Crippen LogP contribution is 2.33. The first-order chi connectivity index (χ1) is 20.4. The summed E-state index contributed by atoms with van der Waals surface area (Å²) < 4.78 is 87.7. The van der Waals surface area contributed by atoms with Gasteiger partial charge in [-0.3, -0.25) is 9.59 Å². The van der Waals surface area contributed by atoms with Crippen LogP contribution in [-0.4, -0.2) is 69.6 Å². The zero-order valence-corrected chi connectivity index (χ0v) is 24.2. The Morgan fingerprint density at radius 3 is 2.30 bits per heavy atom. The SMILES string of the molecule is CC(C)(C)CCCN(CC(O)(CNC(=O)c1cnn(-c2ccc(F)cc2)c1N)C(F)(F)F)C(=O)c1ccccc1OC(F)F. The second-order valence-corrected chi connectivity index (χ2v) is 11.3. The van der Waals surface area contributed by atoms with E-state index < -0.39 is 60.4 Å². The van der Waals surface area contributed by atoms with Crippen LogP contribution in [0, 0.1) is 11.2 Å². The molecule has 0 fully saturated rings. The van der Waals surface area contributed by atoms with E-state index in [-0.39, 0.29) is 35.4 Å². The maximum Gasteiger partial charge on any atom is 0.420 e. The van der Waals surface area contributed by atoms with E-state index in [1.807, 2.05) is 26.1 Å². The van der Waals surface area contributed by atoms with Crippen molar-refractivity contribution < 1.29 is 45.8 Å². The molecule has 3 rings (SSSR count). The number of ether oxygens (including phenoxy) is 1. The first-order valence-corrected chi connectivity index (χ1v) is 13.4. The highest BCUT2D eigenvalue weighted by atomic mass is 19.4. The molecular weight excluding hydrogens is 596 g/mol. The lowest BCUT2D eigenvalue weighted by Gasteiger charge is -2.36. The number of hydrogen-bond donors (Lipinski definition) is 3. The van der Waals surface area contributed by atoms with Crippen molar-refractivity contribution >= 4 is 17.6 Å². The molecule has 4 N–H and O–H groups in total. The van der Waals surface area contributed by atoms with Crippen molar-refractivity contribution in [2.24, 2.45) is 5.41 Å². The number of carbonyl (C=O) groups is 2. The minimum absolute atomic E-state index is 0.215. The van der Waals surface area contributed by atoms with Gasteiger partial charge in [-0.2, -0.15) is 27.1 Å². The van der Waals surface area contributed by atoms with Crippen molar-refractivity contribution in [2.45, 2.75) is 52.0 Å². The van der Waals surface area contributed by atoms with E-state index in [1.54, 1.807) is 0 Å². The summed E-state index contributed by atoms with van der Waals surface area (Å²) in [6.45, 7) is -0.658. The number of aliphatic hydroxyl groups is 1. The summed E-state index contributed by atoms with van der Waals surface area (Å²) in [5.41, 5.74) is 1.56. The average Bonchev–Trinajstić information content (AvgIpc) is 3.31. The minimum Gasteiger partial charge on any atom is -0.434 e. The van der Waals surface area contributed by atoms with E-state index in [9.17, 15) is 41.0 Å². The van der Waals surface area contributed by atoms with Gasteiger partial charge in [0.2, 0.25) is 0 Å². The van der Waals surface area contributed by atoms with Crippen LogP contribution in [0.1, 0.15) is 54.3 Å². The Morgan fingerprint density at radius 2 is 1.70 bits per heavy atom. The van der Waals surface area contributed by atoms with Gasteiger partial charge in [0.25, 0.3) is 11.8 Å². The lowest BCUT2D eigenvalue weighted by Crippen LogP contribution is -2.60. The van der Waals surface area contributed by atoms with Gasteiger partial charge in [0, 0.05) is 6.54 Å².